The Morgan fingerprint density at radius 1 is 0.575 bits per heavy atom. The highest BCUT2D eigenvalue weighted by Crippen LogP contribution is 2.19. The van der Waals surface area contributed by atoms with Crippen molar-refractivity contribution in [3.05, 3.63) is 71.8 Å². The zero-order valence-corrected chi connectivity index (χ0v) is 46.0. The van der Waals surface area contributed by atoms with Gasteiger partial charge in [-0.15, -0.1) is 0 Å². The molecule has 30 heteroatoms. The van der Waals surface area contributed by atoms with Gasteiger partial charge in [-0.05, 0) is 36.3 Å². The molecule has 0 bridgehead atoms. The fraction of sp³-hybridized carbons (Fsp3) is 0.540. The lowest BCUT2D eigenvalue weighted by molar-refractivity contribution is -0.136. The summed E-state index contributed by atoms with van der Waals surface area (Å²) in [4.78, 5) is 143. The van der Waals surface area contributed by atoms with E-state index in [0.717, 1.165) is 0 Å². The van der Waals surface area contributed by atoms with E-state index in [9.17, 15) is 76.5 Å². The van der Waals surface area contributed by atoms with Gasteiger partial charge in [0.25, 0.3) is 0 Å². The van der Waals surface area contributed by atoms with Gasteiger partial charge in [0.05, 0.1) is 45.0 Å². The number of benzene rings is 2. The maximum atomic E-state index is 14.4. The summed E-state index contributed by atoms with van der Waals surface area (Å²) in [5, 5.41) is 48.2. The maximum absolute atomic E-state index is 14.4. The number of carbonyl (C=O) groups is 11. The van der Waals surface area contributed by atoms with E-state index in [1.807, 2.05) is 0 Å². The fourth-order valence-electron chi connectivity index (χ4n) is 7.74. The van der Waals surface area contributed by atoms with Crippen molar-refractivity contribution in [1.82, 2.24) is 46.8 Å². The molecule has 0 aliphatic heterocycles. The molecule has 10 atom stereocenters. The molecule has 444 valence electrons. The van der Waals surface area contributed by atoms with Crippen LogP contribution in [0.1, 0.15) is 71.4 Å². The molecule has 11 amide bonds. The summed E-state index contributed by atoms with van der Waals surface area (Å²) in [7, 11) is -4.63. The molecular formula is C50H77N13O16S. The van der Waals surface area contributed by atoms with Gasteiger partial charge in [0.2, 0.25) is 75.0 Å². The zero-order chi connectivity index (χ0) is 60.4. The highest BCUT2D eigenvalue weighted by Gasteiger charge is 2.39. The summed E-state index contributed by atoms with van der Waals surface area (Å²) >= 11 is 0. The predicted octanol–water partition coefficient (Wildman–Crippen LogP) is -6.41. The Kier molecular flexibility index (Phi) is 28.9. The van der Waals surface area contributed by atoms with E-state index >= 15 is 0 Å². The third-order valence-electron chi connectivity index (χ3n) is 12.2. The molecule has 0 saturated heterocycles. The molecule has 2 aromatic carbocycles. The van der Waals surface area contributed by atoms with Crippen LogP contribution in [0.4, 0.5) is 0 Å². The van der Waals surface area contributed by atoms with Gasteiger partial charge in [0.15, 0.2) is 0 Å². The van der Waals surface area contributed by atoms with Crippen molar-refractivity contribution in [2.75, 3.05) is 32.1 Å². The Balaban J connectivity index is 2.31. The van der Waals surface area contributed by atoms with E-state index < -0.39 is 187 Å². The lowest BCUT2D eigenvalue weighted by Gasteiger charge is -2.32. The summed E-state index contributed by atoms with van der Waals surface area (Å²) in [5.74, 6) is -13.0. The lowest BCUT2D eigenvalue weighted by Crippen LogP contribution is -2.60. The minimum Gasteiger partial charge on any atom is -0.394 e. The summed E-state index contributed by atoms with van der Waals surface area (Å²) < 4.78 is 29.5. The minimum absolute atomic E-state index is 0.0660. The molecule has 0 heterocycles. The van der Waals surface area contributed by atoms with Crippen molar-refractivity contribution in [3.63, 3.8) is 0 Å². The third-order valence-corrected chi connectivity index (χ3v) is 14.2. The number of nitrogens with two attached hydrogens (primary N) is 4. The Labute approximate surface area is 463 Å². The van der Waals surface area contributed by atoms with Gasteiger partial charge in [-0.3, -0.25) is 52.7 Å². The summed E-state index contributed by atoms with van der Waals surface area (Å²) in [5.41, 5.74) is 22.3. The molecule has 0 fully saturated rings. The first kappa shape index (κ1) is 68.5. The molecule has 0 aliphatic carbocycles. The van der Waals surface area contributed by atoms with Gasteiger partial charge in [0, 0.05) is 19.0 Å². The van der Waals surface area contributed by atoms with E-state index in [2.05, 4.69) is 42.5 Å². The molecule has 0 unspecified atom stereocenters. The van der Waals surface area contributed by atoms with E-state index in [4.69, 9.17) is 22.9 Å². The van der Waals surface area contributed by atoms with Gasteiger partial charge < -0.3 is 80.8 Å². The Hall–Kier alpha value is -7.64. The number of aliphatic hydroxyl groups excluding tert-OH is 3. The quantitative estimate of drug-likeness (QED) is 0.0302. The van der Waals surface area contributed by atoms with Crippen molar-refractivity contribution in [2.45, 2.75) is 128 Å². The Morgan fingerprint density at radius 3 is 1.56 bits per heavy atom. The van der Waals surface area contributed by atoms with Crippen LogP contribution < -0.4 is 65.5 Å². The molecule has 19 N–H and O–H groups in total. The van der Waals surface area contributed by atoms with Gasteiger partial charge in [0.1, 0.15) is 48.3 Å². The summed E-state index contributed by atoms with van der Waals surface area (Å²) in [6.45, 7) is 4.14. The number of primary amides is 3. The number of sulfonamides is 1. The molecule has 0 spiro atoms. The highest BCUT2D eigenvalue weighted by molar-refractivity contribution is 7.89. The molecule has 2 rings (SSSR count). The second-order valence-corrected chi connectivity index (χ2v) is 21.3. The number of carbonyl (C=O) groups excluding carboxylic acids is 11. The molecule has 0 radical (unpaired) electrons. The monoisotopic (exact) mass is 1150 g/mol. The Bertz CT molecular complexity index is 2560. The standard InChI is InChI=1S/C50H77N13O16S/c1-6-28(4)42(50(77)57-32(17-27(2)3)26-80(78,79)63(22-31-15-11-8-12-16-31)38(25-66)49(76)61-37(24-65)43(54)70)62-44(71)29(5)56-41(69)21-55-46(73)34(18-30-13-9-7-10-14-30)59-48(75)36(20-40(53)68)60-47(74)35(19-39(52)67)58-45(72)33(51)23-64/h7-16,27-29,32-38,42,64-66H,6,17-26,51H2,1-5H3,(H2,52,67)(H2,53,68)(H2,54,70)(H,55,73)(H,56,69)(H,57,77)(H,58,72)(H,59,75)(H,60,74)(H,61,76)(H,62,71)/t28-,29-,32-,33-,34-,35-,36-,37-,38-,42-/m0/s1. The van der Waals surface area contributed by atoms with E-state index in [1.165, 1.54) is 6.92 Å². The highest BCUT2D eigenvalue weighted by atomic mass is 32.2. The number of aliphatic hydroxyl groups is 3. The fourth-order valence-corrected chi connectivity index (χ4v) is 9.55. The first-order valence-electron chi connectivity index (χ1n) is 25.5. The van der Waals surface area contributed by atoms with Crippen LogP contribution in [0.5, 0.6) is 0 Å². The normalized spacial score (nSPS) is 15.1. The topological polar surface area (TPSA) is 486 Å². The zero-order valence-electron chi connectivity index (χ0n) is 45.2. The van der Waals surface area contributed by atoms with Crippen molar-refractivity contribution in [1.29, 1.82) is 0 Å². The van der Waals surface area contributed by atoms with Crippen LogP contribution in [-0.2, 0) is 75.7 Å². The average Bonchev–Trinajstić information content (AvgIpc) is 3.39. The average molecular weight is 1150 g/mol. The van der Waals surface area contributed by atoms with Gasteiger partial charge in [-0.2, -0.15) is 4.31 Å². The number of hydrogen-bond acceptors (Lipinski definition) is 17. The smallest absolute Gasteiger partial charge is 0.243 e. The molecule has 0 saturated carbocycles. The van der Waals surface area contributed by atoms with Crippen molar-refractivity contribution < 1.29 is 76.5 Å². The number of rotatable bonds is 36. The van der Waals surface area contributed by atoms with Gasteiger partial charge in [-0.1, -0.05) is 94.8 Å². The molecule has 29 nitrogen and oxygen atoms in total. The van der Waals surface area contributed by atoms with E-state index in [1.54, 1.807) is 88.4 Å². The molecule has 2 aromatic rings. The van der Waals surface area contributed by atoms with Crippen LogP contribution in [0.3, 0.4) is 0 Å². The largest absolute Gasteiger partial charge is 0.394 e. The van der Waals surface area contributed by atoms with Crippen LogP contribution in [-0.4, -0.2) is 180 Å². The summed E-state index contributed by atoms with van der Waals surface area (Å²) in [6, 6.07) is 2.39. The minimum atomic E-state index is -4.63. The SMILES string of the molecule is CC[C@H](C)[C@H](NC(=O)[C@H](C)NC(=O)CNC(=O)[C@H](Cc1ccccc1)NC(=O)[C@H](CC(N)=O)NC(=O)[C@H](CC(N)=O)NC(=O)[C@@H](N)CO)C(=O)N[C@@H](CC(C)C)CS(=O)(=O)N(Cc1ccccc1)[C@@H](CO)C(=O)N[C@@H](CO)C(N)=O. The van der Waals surface area contributed by atoms with Crippen LogP contribution >= 0.6 is 0 Å². The van der Waals surface area contributed by atoms with E-state index in [-0.39, 0.29) is 18.8 Å². The van der Waals surface area contributed by atoms with Crippen LogP contribution in [0, 0.1) is 11.8 Å². The summed E-state index contributed by atoms with van der Waals surface area (Å²) in [6.07, 6.45) is -1.47. The Morgan fingerprint density at radius 2 is 1.09 bits per heavy atom. The second kappa shape index (κ2) is 33.7. The second-order valence-electron chi connectivity index (χ2n) is 19.4. The molecule has 0 aromatic heterocycles. The van der Waals surface area contributed by atoms with Crippen LogP contribution in [0.2, 0.25) is 0 Å². The molecule has 80 heavy (non-hydrogen) atoms. The van der Waals surface area contributed by atoms with Crippen molar-refractivity contribution in [2.24, 2.45) is 34.8 Å². The number of nitrogens with zero attached hydrogens (tertiary/aromatic N) is 1. The lowest BCUT2D eigenvalue weighted by atomic mass is 9.97. The first-order valence-corrected chi connectivity index (χ1v) is 27.1. The van der Waals surface area contributed by atoms with Gasteiger partial charge in [-0.25, -0.2) is 8.42 Å². The van der Waals surface area contributed by atoms with Crippen LogP contribution in [0.15, 0.2) is 60.7 Å². The molecular weight excluding hydrogens is 1070 g/mol. The predicted molar refractivity (Wildman–Crippen MR) is 287 cm³/mol. The third kappa shape index (κ3) is 23.4. The number of amides is 11. The first-order chi connectivity index (χ1) is 37.6. The molecule has 0 aliphatic rings. The van der Waals surface area contributed by atoms with E-state index in [0.29, 0.717) is 21.9 Å². The number of hydrogen-bond donors (Lipinski definition) is 15. The number of nitrogens with one attached hydrogen (secondary N) is 8. The van der Waals surface area contributed by atoms with Gasteiger partial charge >= 0.3 is 0 Å². The van der Waals surface area contributed by atoms with Crippen molar-refractivity contribution in [3.8, 4) is 0 Å². The van der Waals surface area contributed by atoms with Crippen LogP contribution in [0.25, 0.3) is 0 Å². The maximum Gasteiger partial charge on any atom is 0.243 e. The van der Waals surface area contributed by atoms with Crippen molar-refractivity contribution >= 4 is 75.0 Å².